The highest BCUT2D eigenvalue weighted by Crippen LogP contribution is 2.42. The smallest absolute Gasteiger partial charge is 0.256 e. The fourth-order valence-corrected chi connectivity index (χ4v) is 3.55. The lowest BCUT2D eigenvalue weighted by Crippen LogP contribution is -2.45. The third-order valence-electron chi connectivity index (χ3n) is 5.36. The van der Waals surface area contributed by atoms with E-state index in [4.69, 9.17) is 9.47 Å². The Kier molecular flexibility index (Phi) is 6.40. The number of benzene rings is 2. The number of carbonyl (C=O) groups excluding carboxylic acids is 1. The van der Waals surface area contributed by atoms with Crippen LogP contribution in [0.3, 0.4) is 0 Å². The van der Waals surface area contributed by atoms with Crippen LogP contribution < -0.4 is 10.1 Å². The maximum Gasteiger partial charge on any atom is 0.256 e. The molecule has 1 fully saturated rings. The highest BCUT2D eigenvalue weighted by atomic mass is 16.5. The van der Waals surface area contributed by atoms with Crippen molar-refractivity contribution in [2.45, 2.75) is 59.2 Å². The monoisotopic (exact) mass is 381 g/mol. The Morgan fingerprint density at radius 2 is 1.79 bits per heavy atom. The molecule has 1 amide bonds. The van der Waals surface area contributed by atoms with E-state index in [1.165, 1.54) is 0 Å². The Balaban J connectivity index is 1.70. The first-order valence-electron chi connectivity index (χ1n) is 10.2. The molecule has 1 aliphatic rings. The minimum atomic E-state index is -0.750. The molecule has 0 aliphatic heterocycles. The average Bonchev–Trinajstić information content (AvgIpc) is 3.52. The number of nitrogens with one attached hydrogen (secondary N) is 1. The molecule has 0 saturated heterocycles. The van der Waals surface area contributed by atoms with Gasteiger partial charge in [0.1, 0.15) is 18.0 Å². The summed E-state index contributed by atoms with van der Waals surface area (Å²) in [5, 5.41) is 3.08. The van der Waals surface area contributed by atoms with Crippen molar-refractivity contribution in [3.63, 3.8) is 0 Å². The van der Waals surface area contributed by atoms with Crippen LogP contribution in [0.4, 0.5) is 5.69 Å². The summed E-state index contributed by atoms with van der Waals surface area (Å²) in [5.41, 5.74) is 3.19. The first-order valence-corrected chi connectivity index (χ1v) is 10.2. The fourth-order valence-electron chi connectivity index (χ4n) is 3.55. The van der Waals surface area contributed by atoms with Crippen LogP contribution in [0.15, 0.2) is 42.5 Å². The van der Waals surface area contributed by atoms with Gasteiger partial charge in [0.15, 0.2) is 0 Å². The van der Waals surface area contributed by atoms with Crippen LogP contribution in [-0.4, -0.2) is 18.1 Å². The van der Waals surface area contributed by atoms with Gasteiger partial charge in [0, 0.05) is 12.3 Å². The first-order chi connectivity index (χ1) is 13.4. The summed E-state index contributed by atoms with van der Waals surface area (Å²) in [6.07, 6.45) is 3.01. The number of hydrogen-bond acceptors (Lipinski definition) is 3. The number of carbonyl (C=O) groups is 1. The second-order valence-electron chi connectivity index (χ2n) is 7.90. The van der Waals surface area contributed by atoms with Crippen molar-refractivity contribution in [2.24, 2.45) is 5.92 Å². The van der Waals surface area contributed by atoms with E-state index in [-0.39, 0.29) is 5.91 Å². The molecule has 150 valence electrons. The lowest BCUT2D eigenvalue weighted by Gasteiger charge is -2.29. The predicted octanol–water partition coefficient (Wildman–Crippen LogP) is 5.42. The van der Waals surface area contributed by atoms with Crippen molar-refractivity contribution in [3.8, 4) is 5.75 Å². The van der Waals surface area contributed by atoms with Crippen LogP contribution >= 0.6 is 0 Å². The minimum Gasteiger partial charge on any atom is -0.488 e. The highest BCUT2D eigenvalue weighted by Gasteiger charge is 2.48. The Hall–Kier alpha value is -2.33. The van der Waals surface area contributed by atoms with Gasteiger partial charge < -0.3 is 14.8 Å². The summed E-state index contributed by atoms with van der Waals surface area (Å²) in [6.45, 7) is 9.13. The molecule has 4 heteroatoms. The molecule has 1 atom stereocenters. The van der Waals surface area contributed by atoms with Gasteiger partial charge in [0.2, 0.25) is 0 Å². The third kappa shape index (κ3) is 4.74. The summed E-state index contributed by atoms with van der Waals surface area (Å²) in [7, 11) is 0. The molecule has 0 spiro atoms. The average molecular weight is 382 g/mol. The van der Waals surface area contributed by atoms with E-state index in [1.54, 1.807) is 0 Å². The zero-order chi connectivity index (χ0) is 20.1. The van der Waals surface area contributed by atoms with Crippen molar-refractivity contribution in [1.29, 1.82) is 0 Å². The molecular formula is C24H31NO3. The van der Waals surface area contributed by atoms with Gasteiger partial charge in [-0.15, -0.1) is 0 Å². The molecule has 28 heavy (non-hydrogen) atoms. The van der Waals surface area contributed by atoms with Crippen LogP contribution in [0.5, 0.6) is 5.75 Å². The van der Waals surface area contributed by atoms with E-state index in [0.717, 1.165) is 47.4 Å². The minimum absolute atomic E-state index is 0.0554. The quantitative estimate of drug-likeness (QED) is 0.631. The van der Waals surface area contributed by atoms with Crippen LogP contribution in [0.25, 0.3) is 0 Å². The van der Waals surface area contributed by atoms with Gasteiger partial charge in [0.25, 0.3) is 5.91 Å². The lowest BCUT2D eigenvalue weighted by atomic mass is 9.98. The van der Waals surface area contributed by atoms with E-state index in [9.17, 15) is 4.79 Å². The summed E-state index contributed by atoms with van der Waals surface area (Å²) in [5.74, 6) is 1.13. The third-order valence-corrected chi connectivity index (χ3v) is 5.36. The van der Waals surface area contributed by atoms with Gasteiger partial charge in [-0.05, 0) is 74.8 Å². The Morgan fingerprint density at radius 1 is 1.14 bits per heavy atom. The fraction of sp³-hybridized carbons (Fsp3) is 0.458. The van der Waals surface area contributed by atoms with Gasteiger partial charge >= 0.3 is 0 Å². The number of aryl methyl sites for hydroxylation is 2. The normalized spacial score (nSPS) is 15.7. The summed E-state index contributed by atoms with van der Waals surface area (Å²) < 4.78 is 12.0. The maximum absolute atomic E-state index is 13.0. The van der Waals surface area contributed by atoms with E-state index in [1.807, 2.05) is 63.2 Å². The number of amides is 1. The van der Waals surface area contributed by atoms with E-state index < -0.39 is 5.60 Å². The van der Waals surface area contributed by atoms with Crippen LogP contribution in [-0.2, 0) is 16.1 Å². The molecule has 2 aromatic rings. The van der Waals surface area contributed by atoms with Gasteiger partial charge in [-0.3, -0.25) is 4.79 Å². The second kappa shape index (κ2) is 8.78. The summed E-state index contributed by atoms with van der Waals surface area (Å²) in [4.78, 5) is 13.0. The molecule has 2 aromatic carbocycles. The number of ether oxygens (including phenoxy) is 2. The molecule has 3 rings (SSSR count). The van der Waals surface area contributed by atoms with Gasteiger partial charge in [-0.2, -0.15) is 0 Å². The lowest BCUT2D eigenvalue weighted by molar-refractivity contribution is -0.142. The van der Waals surface area contributed by atoms with E-state index in [2.05, 4.69) is 12.2 Å². The summed E-state index contributed by atoms with van der Waals surface area (Å²) >= 11 is 0. The van der Waals surface area contributed by atoms with E-state index in [0.29, 0.717) is 19.1 Å². The zero-order valence-electron chi connectivity index (χ0n) is 17.4. The number of rotatable bonds is 9. The Morgan fingerprint density at radius 3 is 2.36 bits per heavy atom. The Labute approximate surface area is 168 Å². The van der Waals surface area contributed by atoms with Crippen LogP contribution in [0.2, 0.25) is 0 Å². The van der Waals surface area contributed by atoms with Crippen LogP contribution in [0.1, 0.15) is 49.8 Å². The standard InChI is InChI=1S/C24H31NO3/c1-5-13-28-24(4,20-11-12-20)23(26)25-21-14-17(2)22(18(3)15-21)27-16-19-9-7-6-8-10-19/h6-10,14-15,20H,5,11-13,16H2,1-4H3,(H,25,26). The molecule has 1 N–H and O–H groups in total. The number of hydrogen-bond donors (Lipinski definition) is 1. The van der Waals surface area contributed by atoms with Gasteiger partial charge in [-0.1, -0.05) is 37.3 Å². The van der Waals surface area contributed by atoms with Crippen molar-refractivity contribution >= 4 is 11.6 Å². The van der Waals surface area contributed by atoms with Gasteiger partial charge in [-0.25, -0.2) is 0 Å². The largest absolute Gasteiger partial charge is 0.488 e. The first kappa shape index (κ1) is 20.4. The summed E-state index contributed by atoms with van der Waals surface area (Å²) in [6, 6.07) is 14.1. The number of anilines is 1. The topological polar surface area (TPSA) is 47.6 Å². The molecular weight excluding hydrogens is 350 g/mol. The molecule has 4 nitrogen and oxygen atoms in total. The second-order valence-corrected chi connectivity index (χ2v) is 7.90. The molecule has 1 aliphatic carbocycles. The molecule has 1 saturated carbocycles. The van der Waals surface area contributed by atoms with Crippen molar-refractivity contribution < 1.29 is 14.3 Å². The zero-order valence-corrected chi connectivity index (χ0v) is 17.4. The van der Waals surface area contributed by atoms with Crippen LogP contribution in [0, 0.1) is 19.8 Å². The maximum atomic E-state index is 13.0. The van der Waals surface area contributed by atoms with Gasteiger partial charge in [0.05, 0.1) is 0 Å². The van der Waals surface area contributed by atoms with Crippen molar-refractivity contribution in [1.82, 2.24) is 0 Å². The van der Waals surface area contributed by atoms with E-state index >= 15 is 0 Å². The molecule has 0 heterocycles. The van der Waals surface area contributed by atoms with Crippen molar-refractivity contribution in [2.75, 3.05) is 11.9 Å². The Bertz CT molecular complexity index is 791. The molecule has 1 unspecified atom stereocenters. The highest BCUT2D eigenvalue weighted by molar-refractivity contribution is 5.97. The van der Waals surface area contributed by atoms with Crippen molar-refractivity contribution in [3.05, 3.63) is 59.2 Å². The molecule has 0 bridgehead atoms. The molecule has 0 aromatic heterocycles. The predicted molar refractivity (Wildman–Crippen MR) is 113 cm³/mol. The molecule has 0 radical (unpaired) electrons. The SMILES string of the molecule is CCCOC(C)(C(=O)Nc1cc(C)c(OCc2ccccc2)c(C)c1)C1CC1.